The first-order chi connectivity index (χ1) is 6.57. The van der Waals surface area contributed by atoms with Gasteiger partial charge in [0, 0.05) is 6.92 Å². The standard InChI is InChI=1S/C8H10N2O3S/c1-3-13-8(12)6-5(9)7(4(2)11)14-10-6/h3,9H2,1-2H3. The first-order valence-electron chi connectivity index (χ1n) is 4.01. The number of nitrogen functional groups attached to an aromatic ring is 1. The quantitative estimate of drug-likeness (QED) is 0.602. The maximum atomic E-state index is 11.2. The van der Waals surface area contributed by atoms with Gasteiger partial charge < -0.3 is 10.5 Å². The minimum Gasteiger partial charge on any atom is -0.461 e. The molecule has 14 heavy (non-hydrogen) atoms. The number of aromatic nitrogens is 1. The Bertz CT molecular complexity index is 373. The molecule has 0 unspecified atom stereocenters. The predicted octanol–water partition coefficient (Wildman–Crippen LogP) is 1.10. The maximum absolute atomic E-state index is 11.2. The van der Waals surface area contributed by atoms with Gasteiger partial charge >= 0.3 is 5.97 Å². The van der Waals surface area contributed by atoms with Crippen LogP contribution >= 0.6 is 11.5 Å². The molecule has 0 radical (unpaired) electrons. The Morgan fingerprint density at radius 3 is 2.64 bits per heavy atom. The third kappa shape index (κ3) is 1.90. The monoisotopic (exact) mass is 214 g/mol. The Balaban J connectivity index is 3.00. The smallest absolute Gasteiger partial charge is 0.360 e. The van der Waals surface area contributed by atoms with Gasteiger partial charge in [-0.2, -0.15) is 4.37 Å². The van der Waals surface area contributed by atoms with E-state index < -0.39 is 5.97 Å². The molecule has 0 saturated carbocycles. The molecule has 2 N–H and O–H groups in total. The number of anilines is 1. The molecular weight excluding hydrogens is 204 g/mol. The molecule has 0 spiro atoms. The van der Waals surface area contributed by atoms with Crippen LogP contribution in [0.5, 0.6) is 0 Å². The third-order valence-corrected chi connectivity index (χ3v) is 2.48. The summed E-state index contributed by atoms with van der Waals surface area (Å²) in [5, 5.41) is 0. The maximum Gasteiger partial charge on any atom is 0.360 e. The number of nitrogens with two attached hydrogens (primary N) is 1. The van der Waals surface area contributed by atoms with Crippen LogP contribution in [0.15, 0.2) is 0 Å². The fourth-order valence-corrected chi connectivity index (χ4v) is 1.58. The van der Waals surface area contributed by atoms with Crippen molar-refractivity contribution >= 4 is 29.0 Å². The topological polar surface area (TPSA) is 82.3 Å². The average molecular weight is 214 g/mol. The van der Waals surface area contributed by atoms with Crippen molar-refractivity contribution < 1.29 is 14.3 Å². The second-order valence-corrected chi connectivity index (χ2v) is 3.32. The van der Waals surface area contributed by atoms with Crippen LogP contribution in [0.25, 0.3) is 0 Å². The molecule has 0 atom stereocenters. The Hall–Kier alpha value is -1.43. The van der Waals surface area contributed by atoms with Crippen LogP contribution < -0.4 is 5.73 Å². The normalized spacial score (nSPS) is 9.86. The van der Waals surface area contributed by atoms with Crippen LogP contribution in [0.2, 0.25) is 0 Å². The molecule has 5 nitrogen and oxygen atoms in total. The summed E-state index contributed by atoms with van der Waals surface area (Å²) in [5.74, 6) is -0.788. The molecule has 0 aromatic carbocycles. The first-order valence-corrected chi connectivity index (χ1v) is 4.78. The fraction of sp³-hybridized carbons (Fsp3) is 0.375. The predicted molar refractivity (Wildman–Crippen MR) is 52.5 cm³/mol. The zero-order chi connectivity index (χ0) is 10.7. The molecule has 1 rings (SSSR count). The number of hydrogen-bond donors (Lipinski definition) is 1. The SMILES string of the molecule is CCOC(=O)c1nsc(C(C)=O)c1N. The molecule has 0 saturated heterocycles. The van der Waals surface area contributed by atoms with Gasteiger partial charge in [0.05, 0.1) is 12.3 Å². The number of rotatable bonds is 3. The number of nitrogens with zero attached hydrogens (tertiary/aromatic N) is 1. The van der Waals surface area contributed by atoms with E-state index in [1.165, 1.54) is 6.92 Å². The van der Waals surface area contributed by atoms with Crippen LogP contribution in [0.1, 0.15) is 34.0 Å². The third-order valence-electron chi connectivity index (χ3n) is 1.52. The van der Waals surface area contributed by atoms with Gasteiger partial charge in [-0.3, -0.25) is 4.79 Å². The van der Waals surface area contributed by atoms with Crippen molar-refractivity contribution in [2.24, 2.45) is 0 Å². The van der Waals surface area contributed by atoms with E-state index in [1.54, 1.807) is 6.92 Å². The van der Waals surface area contributed by atoms with E-state index in [-0.39, 0.29) is 23.8 Å². The molecule has 0 aliphatic rings. The van der Waals surface area contributed by atoms with E-state index in [2.05, 4.69) is 4.37 Å². The molecule has 1 heterocycles. The Labute approximate surface area is 85.0 Å². The lowest BCUT2D eigenvalue weighted by molar-refractivity contribution is 0.0522. The summed E-state index contributed by atoms with van der Waals surface area (Å²) in [6.07, 6.45) is 0. The number of carbonyl (C=O) groups is 2. The summed E-state index contributed by atoms with van der Waals surface area (Å²) in [6.45, 7) is 3.32. The Morgan fingerprint density at radius 2 is 2.21 bits per heavy atom. The summed E-state index contributed by atoms with van der Waals surface area (Å²) in [6, 6.07) is 0. The van der Waals surface area contributed by atoms with Crippen molar-refractivity contribution in [2.45, 2.75) is 13.8 Å². The molecule has 76 valence electrons. The molecule has 6 heteroatoms. The Kier molecular flexibility index (Phi) is 3.19. The van der Waals surface area contributed by atoms with Crippen LogP contribution in [0.3, 0.4) is 0 Å². The van der Waals surface area contributed by atoms with Crippen LogP contribution in [-0.4, -0.2) is 22.7 Å². The van der Waals surface area contributed by atoms with Crippen molar-refractivity contribution in [2.75, 3.05) is 12.3 Å². The highest BCUT2D eigenvalue weighted by atomic mass is 32.1. The second kappa shape index (κ2) is 4.19. The lowest BCUT2D eigenvalue weighted by Crippen LogP contribution is -2.08. The van der Waals surface area contributed by atoms with E-state index in [4.69, 9.17) is 10.5 Å². The van der Waals surface area contributed by atoms with Gasteiger partial charge in [-0.05, 0) is 18.5 Å². The van der Waals surface area contributed by atoms with Crippen LogP contribution in [0, 0.1) is 0 Å². The summed E-state index contributed by atoms with van der Waals surface area (Å²) >= 11 is 0.913. The molecule has 0 amide bonds. The van der Waals surface area contributed by atoms with Crippen LogP contribution in [0.4, 0.5) is 5.69 Å². The van der Waals surface area contributed by atoms with Crippen molar-refractivity contribution in [3.63, 3.8) is 0 Å². The van der Waals surface area contributed by atoms with Crippen molar-refractivity contribution in [1.82, 2.24) is 4.37 Å². The summed E-state index contributed by atoms with van der Waals surface area (Å²) in [4.78, 5) is 22.5. The van der Waals surface area contributed by atoms with Gasteiger partial charge in [-0.15, -0.1) is 0 Å². The van der Waals surface area contributed by atoms with Gasteiger partial charge in [0.1, 0.15) is 4.88 Å². The van der Waals surface area contributed by atoms with E-state index in [0.29, 0.717) is 4.88 Å². The lowest BCUT2D eigenvalue weighted by atomic mass is 10.2. The molecule has 0 bridgehead atoms. The summed E-state index contributed by atoms with van der Waals surface area (Å²) in [7, 11) is 0. The number of Topliss-reactive ketones (excluding diaryl/α,β-unsaturated/α-hetero) is 1. The Morgan fingerprint density at radius 1 is 1.57 bits per heavy atom. The average Bonchev–Trinajstić information content (AvgIpc) is 2.47. The minimum atomic E-state index is -0.589. The largest absolute Gasteiger partial charge is 0.461 e. The van der Waals surface area contributed by atoms with Crippen LogP contribution in [-0.2, 0) is 4.74 Å². The van der Waals surface area contributed by atoms with Gasteiger partial charge in [0.2, 0.25) is 0 Å². The van der Waals surface area contributed by atoms with Gasteiger partial charge in [-0.25, -0.2) is 4.79 Å². The first kappa shape index (κ1) is 10.6. The molecule has 1 aromatic heterocycles. The van der Waals surface area contributed by atoms with Gasteiger partial charge in [0.25, 0.3) is 0 Å². The van der Waals surface area contributed by atoms with E-state index in [1.807, 2.05) is 0 Å². The summed E-state index contributed by atoms with van der Waals surface area (Å²) in [5.41, 5.74) is 5.70. The van der Waals surface area contributed by atoms with E-state index in [0.717, 1.165) is 11.5 Å². The number of hydrogen-bond acceptors (Lipinski definition) is 6. The fourth-order valence-electron chi connectivity index (χ4n) is 0.898. The number of ether oxygens (including phenoxy) is 1. The zero-order valence-electron chi connectivity index (χ0n) is 7.86. The molecular formula is C8H10N2O3S. The second-order valence-electron chi connectivity index (χ2n) is 2.55. The van der Waals surface area contributed by atoms with Crippen molar-refractivity contribution in [1.29, 1.82) is 0 Å². The number of carbonyl (C=O) groups excluding carboxylic acids is 2. The highest BCUT2D eigenvalue weighted by molar-refractivity contribution is 7.09. The molecule has 0 aliphatic carbocycles. The number of ketones is 1. The highest BCUT2D eigenvalue weighted by Gasteiger charge is 2.20. The lowest BCUT2D eigenvalue weighted by Gasteiger charge is -1.98. The zero-order valence-corrected chi connectivity index (χ0v) is 8.68. The van der Waals surface area contributed by atoms with Crippen molar-refractivity contribution in [3.05, 3.63) is 10.6 Å². The van der Waals surface area contributed by atoms with E-state index >= 15 is 0 Å². The van der Waals surface area contributed by atoms with Crippen molar-refractivity contribution in [3.8, 4) is 0 Å². The highest BCUT2D eigenvalue weighted by Crippen LogP contribution is 2.22. The summed E-state index contributed by atoms with van der Waals surface area (Å²) < 4.78 is 8.49. The molecule has 0 fully saturated rings. The van der Waals surface area contributed by atoms with Gasteiger partial charge in [0.15, 0.2) is 11.5 Å². The van der Waals surface area contributed by atoms with E-state index in [9.17, 15) is 9.59 Å². The molecule has 1 aromatic rings. The molecule has 0 aliphatic heterocycles. The van der Waals surface area contributed by atoms with Gasteiger partial charge in [-0.1, -0.05) is 0 Å². The number of esters is 1. The minimum absolute atomic E-state index is 0.0297.